The molecule has 0 aliphatic carbocycles. The lowest BCUT2D eigenvalue weighted by molar-refractivity contribution is 0.0434. The van der Waals surface area contributed by atoms with E-state index in [0.717, 1.165) is 77.0 Å². The van der Waals surface area contributed by atoms with Crippen LogP contribution >= 0.6 is 0 Å². The van der Waals surface area contributed by atoms with Gasteiger partial charge >= 0.3 is 23.9 Å². The average Bonchev–Trinajstić information content (AvgIpc) is 3.23. The van der Waals surface area contributed by atoms with Gasteiger partial charge in [0.2, 0.25) is 0 Å². The maximum atomic E-state index is 13.6. The molecule has 0 saturated heterocycles. The van der Waals surface area contributed by atoms with E-state index in [0.29, 0.717) is 25.7 Å². The first-order valence-corrected chi connectivity index (χ1v) is 24.3. The molecule has 58 heavy (non-hydrogen) atoms. The van der Waals surface area contributed by atoms with Gasteiger partial charge in [0.15, 0.2) is 0 Å². The first kappa shape index (κ1) is 53.1. The lowest BCUT2D eigenvalue weighted by Gasteiger charge is -2.15. The van der Waals surface area contributed by atoms with Crippen molar-refractivity contribution >= 4 is 23.9 Å². The SMILES string of the molecule is CCCCCCCCCCOC(=O)c1cc(C(=O)OCCCCCCCCCC)c(C(=O)OCCCCCCCCCC)cc1C(=O)OCCCCCCCCCC. The van der Waals surface area contributed by atoms with E-state index in [4.69, 9.17) is 18.9 Å². The molecule has 0 atom stereocenters. The van der Waals surface area contributed by atoms with Crippen LogP contribution < -0.4 is 0 Å². The van der Waals surface area contributed by atoms with E-state index in [-0.39, 0.29) is 48.7 Å². The number of ether oxygens (including phenoxy) is 4. The molecule has 0 N–H and O–H groups in total. The number of rotatable bonds is 40. The second-order valence-electron chi connectivity index (χ2n) is 16.4. The maximum Gasteiger partial charge on any atom is 0.339 e. The number of benzene rings is 1. The van der Waals surface area contributed by atoms with Crippen LogP contribution in [0.2, 0.25) is 0 Å². The summed E-state index contributed by atoms with van der Waals surface area (Å²) in [6.45, 7) is 9.61. The fourth-order valence-electron chi connectivity index (χ4n) is 7.19. The average molecular weight is 815 g/mol. The summed E-state index contributed by atoms with van der Waals surface area (Å²) in [7, 11) is 0. The Morgan fingerprint density at radius 1 is 0.276 bits per heavy atom. The van der Waals surface area contributed by atoms with Gasteiger partial charge in [0.1, 0.15) is 0 Å². The Balaban J connectivity index is 3.14. The highest BCUT2D eigenvalue weighted by molar-refractivity contribution is 6.10. The summed E-state index contributed by atoms with van der Waals surface area (Å²) < 4.78 is 22.7. The highest BCUT2D eigenvalue weighted by atomic mass is 16.5. The molecule has 1 aromatic carbocycles. The zero-order valence-electron chi connectivity index (χ0n) is 37.9. The Morgan fingerprint density at radius 3 is 0.603 bits per heavy atom. The van der Waals surface area contributed by atoms with E-state index < -0.39 is 23.9 Å². The zero-order chi connectivity index (χ0) is 42.3. The molecule has 1 aromatic rings. The molecule has 0 bridgehead atoms. The van der Waals surface area contributed by atoms with Gasteiger partial charge in [0.05, 0.1) is 48.7 Å². The molecule has 0 aliphatic rings. The quantitative estimate of drug-likeness (QED) is 0.0366. The predicted octanol–water partition coefficient (Wildman–Crippen LogP) is 14.9. The van der Waals surface area contributed by atoms with Crippen molar-refractivity contribution in [3.63, 3.8) is 0 Å². The van der Waals surface area contributed by atoms with Crippen molar-refractivity contribution in [2.75, 3.05) is 26.4 Å². The van der Waals surface area contributed by atoms with Crippen LogP contribution in [0.3, 0.4) is 0 Å². The first-order valence-electron chi connectivity index (χ1n) is 24.3. The number of esters is 4. The van der Waals surface area contributed by atoms with Gasteiger partial charge in [-0.1, -0.05) is 207 Å². The standard InChI is InChI=1S/C50H86O8/c1-5-9-13-17-21-25-29-33-37-55-47(51)43-41-45(49(53)57-39-35-31-27-23-19-15-11-7-3)46(50(54)58-40-36-32-28-24-20-16-12-8-4)42-44(43)48(52)56-38-34-30-26-22-18-14-10-6-2/h41-42H,5-40H2,1-4H3. The molecule has 0 heterocycles. The molecule has 334 valence electrons. The minimum Gasteiger partial charge on any atom is -0.462 e. The predicted molar refractivity (Wildman–Crippen MR) is 238 cm³/mol. The normalized spacial score (nSPS) is 11.1. The molecule has 0 fully saturated rings. The van der Waals surface area contributed by atoms with Crippen molar-refractivity contribution in [2.24, 2.45) is 0 Å². The van der Waals surface area contributed by atoms with Gasteiger partial charge in [-0.25, -0.2) is 19.2 Å². The molecule has 8 nitrogen and oxygen atoms in total. The fourth-order valence-corrected chi connectivity index (χ4v) is 7.19. The molecular formula is C50H86O8. The van der Waals surface area contributed by atoms with Crippen molar-refractivity contribution in [2.45, 2.75) is 233 Å². The molecule has 0 radical (unpaired) electrons. The fraction of sp³-hybridized carbons (Fsp3) is 0.800. The van der Waals surface area contributed by atoms with Crippen molar-refractivity contribution in [3.8, 4) is 0 Å². The van der Waals surface area contributed by atoms with Gasteiger partial charge in [-0.05, 0) is 37.8 Å². The van der Waals surface area contributed by atoms with E-state index in [1.54, 1.807) is 0 Å². The van der Waals surface area contributed by atoms with Gasteiger partial charge in [-0.15, -0.1) is 0 Å². The van der Waals surface area contributed by atoms with Crippen LogP contribution in [0.25, 0.3) is 0 Å². The van der Waals surface area contributed by atoms with Gasteiger partial charge in [0.25, 0.3) is 0 Å². The van der Waals surface area contributed by atoms with Crippen molar-refractivity contribution in [1.29, 1.82) is 0 Å². The van der Waals surface area contributed by atoms with E-state index in [1.807, 2.05) is 0 Å². The summed E-state index contributed by atoms with van der Waals surface area (Å²) in [5.41, 5.74) is -0.392. The summed E-state index contributed by atoms with van der Waals surface area (Å²) in [5, 5.41) is 0. The van der Waals surface area contributed by atoms with Crippen molar-refractivity contribution in [3.05, 3.63) is 34.4 Å². The summed E-state index contributed by atoms with van der Waals surface area (Å²) in [5.74, 6) is -2.90. The van der Waals surface area contributed by atoms with E-state index in [1.165, 1.54) is 115 Å². The van der Waals surface area contributed by atoms with E-state index >= 15 is 0 Å². The molecule has 0 aliphatic heterocycles. The van der Waals surface area contributed by atoms with Gasteiger partial charge < -0.3 is 18.9 Å². The lowest BCUT2D eigenvalue weighted by Crippen LogP contribution is -2.21. The summed E-state index contributed by atoms with van der Waals surface area (Å²) in [4.78, 5) is 54.6. The van der Waals surface area contributed by atoms with Crippen LogP contribution in [-0.2, 0) is 18.9 Å². The molecule has 0 unspecified atom stereocenters. The zero-order valence-corrected chi connectivity index (χ0v) is 37.9. The number of hydrogen-bond donors (Lipinski definition) is 0. The van der Waals surface area contributed by atoms with Crippen molar-refractivity contribution in [1.82, 2.24) is 0 Å². The minimum atomic E-state index is -0.724. The summed E-state index contributed by atoms with van der Waals surface area (Å²) in [6, 6.07) is 2.57. The third kappa shape index (κ3) is 27.0. The van der Waals surface area contributed by atoms with Crippen LogP contribution in [0.1, 0.15) is 275 Å². The van der Waals surface area contributed by atoms with Gasteiger partial charge in [-0.3, -0.25) is 0 Å². The Bertz CT molecular complexity index is 1020. The van der Waals surface area contributed by atoms with Crippen LogP contribution in [0.15, 0.2) is 12.1 Å². The van der Waals surface area contributed by atoms with Crippen molar-refractivity contribution < 1.29 is 38.1 Å². The second-order valence-corrected chi connectivity index (χ2v) is 16.4. The molecule has 1 rings (SSSR count). The molecular weight excluding hydrogens is 729 g/mol. The molecule has 0 spiro atoms. The number of hydrogen-bond acceptors (Lipinski definition) is 8. The number of carbonyl (C=O) groups excluding carboxylic acids is 4. The summed E-state index contributed by atoms with van der Waals surface area (Å²) >= 11 is 0. The number of carbonyl (C=O) groups is 4. The third-order valence-corrected chi connectivity index (χ3v) is 11.0. The Labute approximate surface area is 355 Å². The minimum absolute atomic E-state index is 0.0980. The maximum absolute atomic E-state index is 13.6. The van der Waals surface area contributed by atoms with Crippen LogP contribution in [0.4, 0.5) is 0 Å². The highest BCUT2D eigenvalue weighted by Crippen LogP contribution is 2.23. The molecule has 8 heteroatoms. The second kappa shape index (κ2) is 38.3. The Kier molecular flexibility index (Phi) is 35.1. The monoisotopic (exact) mass is 815 g/mol. The lowest BCUT2D eigenvalue weighted by atomic mass is 9.97. The highest BCUT2D eigenvalue weighted by Gasteiger charge is 2.29. The molecule has 0 amide bonds. The molecule has 0 saturated carbocycles. The Morgan fingerprint density at radius 2 is 0.431 bits per heavy atom. The van der Waals surface area contributed by atoms with E-state index in [2.05, 4.69) is 27.7 Å². The summed E-state index contributed by atoms with van der Waals surface area (Å²) in [6.07, 6.45) is 35.2. The molecule has 0 aromatic heterocycles. The first-order chi connectivity index (χ1) is 28.4. The number of unbranched alkanes of at least 4 members (excludes halogenated alkanes) is 28. The van der Waals surface area contributed by atoms with Crippen LogP contribution in [-0.4, -0.2) is 50.3 Å². The smallest absolute Gasteiger partial charge is 0.339 e. The largest absolute Gasteiger partial charge is 0.462 e. The Hall–Kier alpha value is -2.90. The van der Waals surface area contributed by atoms with Gasteiger partial charge in [0, 0.05) is 0 Å². The topological polar surface area (TPSA) is 105 Å². The van der Waals surface area contributed by atoms with Gasteiger partial charge in [-0.2, -0.15) is 0 Å². The van der Waals surface area contributed by atoms with Crippen LogP contribution in [0, 0.1) is 0 Å². The van der Waals surface area contributed by atoms with E-state index in [9.17, 15) is 19.2 Å². The third-order valence-electron chi connectivity index (χ3n) is 11.0. The van der Waals surface area contributed by atoms with Crippen LogP contribution in [0.5, 0.6) is 0 Å².